The highest BCUT2D eigenvalue weighted by Gasteiger charge is 2.47. The number of carbonyl (C=O) groups excluding carboxylic acids is 4. The van der Waals surface area contributed by atoms with E-state index in [9.17, 15) is 19.2 Å². The summed E-state index contributed by atoms with van der Waals surface area (Å²) in [6.45, 7) is 5.96. The third kappa shape index (κ3) is 11.0. The normalized spacial score (nSPS) is 26.7. The van der Waals surface area contributed by atoms with Gasteiger partial charge in [-0.3, -0.25) is 14.4 Å². The second kappa shape index (κ2) is 17.6. The van der Waals surface area contributed by atoms with Crippen LogP contribution in [0.3, 0.4) is 0 Å². The Morgan fingerprint density at radius 3 is 2.39 bits per heavy atom. The fourth-order valence-electron chi connectivity index (χ4n) is 5.92. The molecule has 1 fully saturated rings. The van der Waals surface area contributed by atoms with Crippen molar-refractivity contribution in [1.29, 1.82) is 0 Å². The lowest BCUT2D eigenvalue weighted by Crippen LogP contribution is -2.50. The molecule has 0 aromatic heterocycles. The van der Waals surface area contributed by atoms with Crippen molar-refractivity contribution in [3.63, 3.8) is 0 Å². The Labute approximate surface area is 293 Å². The van der Waals surface area contributed by atoms with Crippen molar-refractivity contribution in [2.45, 2.75) is 70.5 Å². The standard InChI is InChI=1S/C37H48ClN3O8/c1-22(2)17-31-37(45)47-29(23(3)33-34(49-33)25-11-8-7-9-12-25)13-10-14-32(42)40-28(19-24-15-16-30(46-6)27(38)18-24)35(43)39-20-26(21-41(4)5)36(44)48-31/h7-12,14-16,18,22-23,26,28-29,31,33-34H,13,17,19-21H2,1-6H3,(H,39,43)(H,40,42)/b14-10+/t23-,26-,28+,29-,31-,33+,34+/m0/s1. The van der Waals surface area contributed by atoms with Gasteiger partial charge in [0.05, 0.1) is 24.2 Å². The number of nitrogens with one attached hydrogen (secondary N) is 2. The van der Waals surface area contributed by atoms with Gasteiger partial charge >= 0.3 is 11.9 Å². The van der Waals surface area contributed by atoms with Crippen molar-refractivity contribution >= 4 is 35.4 Å². The first-order chi connectivity index (χ1) is 23.4. The average molecular weight is 698 g/mol. The second-order valence-electron chi connectivity index (χ2n) is 13.4. The van der Waals surface area contributed by atoms with Crippen LogP contribution < -0.4 is 15.4 Å². The van der Waals surface area contributed by atoms with Gasteiger partial charge in [0.1, 0.15) is 24.0 Å². The van der Waals surface area contributed by atoms with Crippen LogP contribution in [0.25, 0.3) is 0 Å². The zero-order valence-corrected chi connectivity index (χ0v) is 29.8. The number of nitrogens with zero attached hydrogens (tertiary/aromatic N) is 1. The van der Waals surface area contributed by atoms with Crippen LogP contribution in [0.4, 0.5) is 0 Å². The summed E-state index contributed by atoms with van der Waals surface area (Å²) in [5.41, 5.74) is 1.72. The minimum absolute atomic E-state index is 0.0175. The van der Waals surface area contributed by atoms with Gasteiger partial charge in [0, 0.05) is 31.8 Å². The summed E-state index contributed by atoms with van der Waals surface area (Å²) in [7, 11) is 5.10. The molecule has 2 aromatic carbocycles. The fourth-order valence-corrected chi connectivity index (χ4v) is 6.20. The molecule has 11 nitrogen and oxygen atoms in total. The third-order valence-electron chi connectivity index (χ3n) is 8.60. The fraction of sp³-hybridized carbons (Fsp3) is 0.514. The first-order valence-corrected chi connectivity index (χ1v) is 17.1. The molecule has 0 unspecified atom stereocenters. The quantitative estimate of drug-likeness (QED) is 0.276. The first-order valence-electron chi connectivity index (χ1n) is 16.7. The third-order valence-corrected chi connectivity index (χ3v) is 8.90. The molecule has 2 N–H and O–H groups in total. The highest BCUT2D eigenvalue weighted by Crippen LogP contribution is 2.45. The number of rotatable bonds is 10. The summed E-state index contributed by atoms with van der Waals surface area (Å²) in [5.74, 6) is -2.84. The van der Waals surface area contributed by atoms with Crippen LogP contribution >= 0.6 is 11.6 Å². The number of benzene rings is 2. The number of halogens is 1. The Hall–Kier alpha value is -3.93. The molecule has 0 spiro atoms. The van der Waals surface area contributed by atoms with Gasteiger partial charge in [0.15, 0.2) is 6.10 Å². The molecule has 2 aliphatic rings. The van der Waals surface area contributed by atoms with Crippen LogP contribution in [0.2, 0.25) is 5.02 Å². The molecule has 2 heterocycles. The van der Waals surface area contributed by atoms with Crippen LogP contribution in [-0.4, -0.2) is 87.3 Å². The number of esters is 2. The molecular formula is C37H48ClN3O8. The van der Waals surface area contributed by atoms with Gasteiger partial charge in [-0.25, -0.2) is 4.79 Å². The Morgan fingerprint density at radius 1 is 1.00 bits per heavy atom. The monoisotopic (exact) mass is 697 g/mol. The molecule has 2 aliphatic heterocycles. The zero-order chi connectivity index (χ0) is 35.7. The number of carbonyl (C=O) groups is 4. The number of cyclic esters (lactones) is 2. The number of ether oxygens (including phenoxy) is 4. The van der Waals surface area contributed by atoms with Gasteiger partial charge in [0.25, 0.3) is 0 Å². The maximum atomic E-state index is 13.7. The molecule has 0 bridgehead atoms. The molecule has 0 radical (unpaired) electrons. The van der Waals surface area contributed by atoms with Crippen molar-refractivity contribution in [2.75, 3.05) is 34.3 Å². The van der Waals surface area contributed by atoms with E-state index in [1.807, 2.05) is 51.1 Å². The lowest BCUT2D eigenvalue weighted by atomic mass is 9.93. The largest absolute Gasteiger partial charge is 0.495 e. The van der Waals surface area contributed by atoms with Gasteiger partial charge < -0.3 is 34.5 Å². The van der Waals surface area contributed by atoms with E-state index < -0.39 is 47.9 Å². The minimum atomic E-state index is -1.15. The first kappa shape index (κ1) is 37.9. The van der Waals surface area contributed by atoms with Gasteiger partial charge in [-0.2, -0.15) is 0 Å². The number of epoxide rings is 1. The molecule has 49 heavy (non-hydrogen) atoms. The predicted octanol–water partition coefficient (Wildman–Crippen LogP) is 4.28. The highest BCUT2D eigenvalue weighted by atomic mass is 35.5. The Kier molecular flexibility index (Phi) is 13.6. The molecule has 2 amide bonds. The van der Waals surface area contributed by atoms with E-state index in [1.165, 1.54) is 13.2 Å². The van der Waals surface area contributed by atoms with Gasteiger partial charge in [-0.15, -0.1) is 0 Å². The minimum Gasteiger partial charge on any atom is -0.495 e. The molecule has 12 heteroatoms. The second-order valence-corrected chi connectivity index (χ2v) is 13.8. The summed E-state index contributed by atoms with van der Waals surface area (Å²) >= 11 is 6.34. The number of hydrogen-bond acceptors (Lipinski definition) is 9. The molecule has 7 atom stereocenters. The molecule has 1 saturated heterocycles. The Morgan fingerprint density at radius 2 is 1.73 bits per heavy atom. The van der Waals surface area contributed by atoms with Crippen LogP contribution in [0.5, 0.6) is 5.75 Å². The smallest absolute Gasteiger partial charge is 0.347 e. The number of amides is 2. The number of hydrogen-bond donors (Lipinski definition) is 2. The van der Waals surface area contributed by atoms with E-state index >= 15 is 0 Å². The van der Waals surface area contributed by atoms with Gasteiger partial charge in [-0.05, 0) is 55.8 Å². The van der Waals surface area contributed by atoms with E-state index in [1.54, 1.807) is 43.3 Å². The topological polar surface area (TPSA) is 136 Å². The predicted molar refractivity (Wildman–Crippen MR) is 185 cm³/mol. The molecular weight excluding hydrogens is 650 g/mol. The van der Waals surface area contributed by atoms with Crippen LogP contribution in [-0.2, 0) is 39.8 Å². The van der Waals surface area contributed by atoms with Gasteiger partial charge in [0.2, 0.25) is 11.8 Å². The molecule has 266 valence electrons. The Bertz CT molecular complexity index is 1480. The summed E-state index contributed by atoms with van der Waals surface area (Å²) < 4.78 is 23.2. The number of methoxy groups -OCH3 is 1. The zero-order valence-electron chi connectivity index (χ0n) is 29.0. The van der Waals surface area contributed by atoms with Gasteiger partial charge in [-0.1, -0.05) is 74.8 Å². The lowest BCUT2D eigenvalue weighted by molar-refractivity contribution is -0.176. The molecule has 2 aromatic rings. The maximum Gasteiger partial charge on any atom is 0.347 e. The molecule has 0 aliphatic carbocycles. The molecule has 0 saturated carbocycles. The average Bonchev–Trinajstić information content (AvgIpc) is 3.86. The van der Waals surface area contributed by atoms with E-state index in [0.717, 1.165) is 5.56 Å². The molecule has 4 rings (SSSR count). The van der Waals surface area contributed by atoms with Crippen LogP contribution in [0.15, 0.2) is 60.7 Å². The van der Waals surface area contributed by atoms with Crippen LogP contribution in [0, 0.1) is 17.8 Å². The summed E-state index contributed by atoms with van der Waals surface area (Å²) in [6.07, 6.45) is 1.33. The maximum absolute atomic E-state index is 13.7. The summed E-state index contributed by atoms with van der Waals surface area (Å²) in [5, 5.41) is 5.97. The lowest BCUT2D eigenvalue weighted by Gasteiger charge is -2.28. The van der Waals surface area contributed by atoms with Crippen molar-refractivity contribution in [2.24, 2.45) is 17.8 Å². The van der Waals surface area contributed by atoms with Crippen molar-refractivity contribution < 1.29 is 38.1 Å². The van der Waals surface area contributed by atoms with E-state index in [-0.39, 0.29) is 56.4 Å². The van der Waals surface area contributed by atoms with Crippen molar-refractivity contribution in [1.82, 2.24) is 15.5 Å². The van der Waals surface area contributed by atoms with E-state index in [2.05, 4.69) is 10.6 Å². The highest BCUT2D eigenvalue weighted by molar-refractivity contribution is 6.32. The SMILES string of the molecule is COc1ccc(C[C@H]2NC(=O)/C=C/C[C@@H]([C@H](C)[C@H]3O[C@@H]3c3ccccc3)OC(=O)[C@H](CC(C)C)OC(=O)[C@H](CN(C)C)CNC2=O)cc1Cl. The Balaban J connectivity index is 1.63. The summed E-state index contributed by atoms with van der Waals surface area (Å²) in [6, 6.07) is 13.9. The van der Waals surface area contributed by atoms with E-state index in [0.29, 0.717) is 16.3 Å². The van der Waals surface area contributed by atoms with Crippen LogP contribution in [0.1, 0.15) is 50.8 Å². The van der Waals surface area contributed by atoms with E-state index in [4.69, 9.17) is 30.5 Å². The summed E-state index contributed by atoms with van der Waals surface area (Å²) in [4.78, 5) is 55.9. The van der Waals surface area contributed by atoms with Crippen molar-refractivity contribution in [3.8, 4) is 5.75 Å². The van der Waals surface area contributed by atoms with Crippen molar-refractivity contribution in [3.05, 3.63) is 76.8 Å².